The van der Waals surface area contributed by atoms with Crippen LogP contribution in [0.3, 0.4) is 0 Å². The Bertz CT molecular complexity index is 222. The van der Waals surface area contributed by atoms with Gasteiger partial charge in [-0.15, -0.1) is 6.42 Å². The molecule has 0 aromatic carbocycles. The van der Waals surface area contributed by atoms with Gasteiger partial charge < -0.3 is 4.90 Å². The number of terminal acetylenes is 1. The van der Waals surface area contributed by atoms with E-state index in [0.717, 1.165) is 30.3 Å². The Hall–Kier alpha value is -0.460. The van der Waals surface area contributed by atoms with Crippen LogP contribution >= 0.6 is 24.0 Å². The number of allylic oxidation sites excluding steroid dienone is 1. The molecule has 14 heavy (non-hydrogen) atoms. The summed E-state index contributed by atoms with van der Waals surface area (Å²) in [6, 6.07) is 0. The Kier molecular flexibility index (Phi) is 8.81. The van der Waals surface area contributed by atoms with Crippen molar-refractivity contribution in [3.63, 3.8) is 0 Å². The maximum Gasteiger partial charge on any atom is 0.140 e. The first-order chi connectivity index (χ1) is 6.76. The van der Waals surface area contributed by atoms with E-state index in [4.69, 9.17) is 18.6 Å². The molecule has 0 spiro atoms. The molecule has 0 bridgehead atoms. The van der Waals surface area contributed by atoms with E-state index < -0.39 is 0 Å². The van der Waals surface area contributed by atoms with Crippen LogP contribution in [0.4, 0.5) is 0 Å². The van der Waals surface area contributed by atoms with Crippen molar-refractivity contribution < 1.29 is 0 Å². The van der Waals surface area contributed by atoms with Crippen molar-refractivity contribution in [3.05, 3.63) is 11.5 Å². The zero-order chi connectivity index (χ0) is 10.8. The highest BCUT2D eigenvalue weighted by Crippen LogP contribution is 2.11. The second-order valence-electron chi connectivity index (χ2n) is 2.84. The van der Waals surface area contributed by atoms with Crippen LogP contribution < -0.4 is 0 Å². The molecule has 0 aromatic heterocycles. The minimum absolute atomic E-state index is 0.917. The van der Waals surface area contributed by atoms with Crippen molar-refractivity contribution in [2.75, 3.05) is 13.1 Å². The summed E-state index contributed by atoms with van der Waals surface area (Å²) in [5.41, 5.74) is 0. The fourth-order valence-electron chi connectivity index (χ4n) is 1.04. The number of rotatable bonds is 5. The third-order valence-electron chi connectivity index (χ3n) is 1.58. The molecule has 0 aliphatic rings. The maximum absolute atomic E-state index is 5.29. The number of hydrogen-bond acceptors (Lipinski definition) is 2. The molecule has 0 fully saturated rings. The number of hydrogen-bond donors (Lipinski definition) is 0. The summed E-state index contributed by atoms with van der Waals surface area (Å²) in [5, 5.41) is 1.86. The lowest BCUT2D eigenvalue weighted by molar-refractivity contribution is 0.431. The summed E-state index contributed by atoms with van der Waals surface area (Å²) in [4.78, 5) is 2.22. The molecule has 0 aromatic rings. The SMILES string of the molecule is C#C/C=C/SC(=S)N(CCC)CCC. The summed E-state index contributed by atoms with van der Waals surface area (Å²) < 4.78 is 0.917. The molecule has 0 radical (unpaired) electrons. The average molecular weight is 227 g/mol. The van der Waals surface area contributed by atoms with E-state index >= 15 is 0 Å². The van der Waals surface area contributed by atoms with Gasteiger partial charge in [0.05, 0.1) is 0 Å². The van der Waals surface area contributed by atoms with Crippen molar-refractivity contribution in [1.29, 1.82) is 0 Å². The van der Waals surface area contributed by atoms with Gasteiger partial charge in [0.2, 0.25) is 0 Å². The lowest BCUT2D eigenvalue weighted by atomic mass is 10.4. The third kappa shape index (κ3) is 6.06. The van der Waals surface area contributed by atoms with E-state index in [2.05, 4.69) is 24.7 Å². The van der Waals surface area contributed by atoms with Crippen LogP contribution in [-0.2, 0) is 0 Å². The standard InChI is InChI=1S/C11H17NS2/c1-4-7-10-14-11(13)12(8-5-2)9-6-3/h1,7,10H,5-6,8-9H2,2-3H3/b10-7+. The summed E-state index contributed by atoms with van der Waals surface area (Å²) in [5.74, 6) is 2.45. The van der Waals surface area contributed by atoms with Crippen LogP contribution in [0.25, 0.3) is 0 Å². The summed E-state index contributed by atoms with van der Waals surface area (Å²) >= 11 is 6.81. The van der Waals surface area contributed by atoms with Crippen molar-refractivity contribution in [3.8, 4) is 12.3 Å². The second kappa shape index (κ2) is 9.11. The second-order valence-corrected chi connectivity index (χ2v) is 4.38. The van der Waals surface area contributed by atoms with Gasteiger partial charge in [-0.1, -0.05) is 43.7 Å². The van der Waals surface area contributed by atoms with Gasteiger partial charge >= 0.3 is 0 Å². The molecule has 0 unspecified atom stereocenters. The van der Waals surface area contributed by atoms with Crippen molar-refractivity contribution >= 4 is 28.3 Å². The molecule has 0 rings (SSSR count). The van der Waals surface area contributed by atoms with Crippen LogP contribution in [0.2, 0.25) is 0 Å². The fraction of sp³-hybridized carbons (Fsp3) is 0.545. The van der Waals surface area contributed by atoms with Crippen LogP contribution in [0.15, 0.2) is 11.5 Å². The Morgan fingerprint density at radius 3 is 2.43 bits per heavy atom. The van der Waals surface area contributed by atoms with Crippen LogP contribution in [0.5, 0.6) is 0 Å². The van der Waals surface area contributed by atoms with Crippen LogP contribution in [-0.4, -0.2) is 22.3 Å². The molecule has 0 amide bonds. The third-order valence-corrected chi connectivity index (χ3v) is 2.86. The summed E-state index contributed by atoms with van der Waals surface area (Å²) in [6.45, 7) is 6.38. The highest BCUT2D eigenvalue weighted by Gasteiger charge is 2.05. The first kappa shape index (κ1) is 13.5. The largest absolute Gasteiger partial charge is 0.357 e. The first-order valence-electron chi connectivity index (χ1n) is 4.82. The molecule has 0 atom stereocenters. The number of thiocarbonyl (C=S) groups is 1. The van der Waals surface area contributed by atoms with Crippen molar-refractivity contribution in [2.45, 2.75) is 26.7 Å². The molecular weight excluding hydrogens is 210 g/mol. The number of thioether (sulfide) groups is 1. The molecule has 0 N–H and O–H groups in total. The normalized spacial score (nSPS) is 10.1. The van der Waals surface area contributed by atoms with Gasteiger partial charge in [0.15, 0.2) is 0 Å². The molecule has 1 nitrogen and oxygen atoms in total. The Morgan fingerprint density at radius 1 is 1.43 bits per heavy atom. The van der Waals surface area contributed by atoms with E-state index in [1.165, 1.54) is 11.8 Å². The molecular formula is C11H17NS2. The van der Waals surface area contributed by atoms with E-state index in [9.17, 15) is 0 Å². The number of nitrogens with zero attached hydrogens (tertiary/aromatic N) is 1. The minimum Gasteiger partial charge on any atom is -0.357 e. The molecule has 0 saturated carbocycles. The molecule has 0 aliphatic heterocycles. The van der Waals surface area contributed by atoms with Gasteiger partial charge in [-0.25, -0.2) is 0 Å². The lowest BCUT2D eigenvalue weighted by Crippen LogP contribution is -2.28. The predicted molar refractivity (Wildman–Crippen MR) is 70.3 cm³/mol. The predicted octanol–water partition coefficient (Wildman–Crippen LogP) is 3.27. The Balaban J connectivity index is 4.01. The lowest BCUT2D eigenvalue weighted by Gasteiger charge is -2.22. The van der Waals surface area contributed by atoms with Gasteiger partial charge in [0.25, 0.3) is 0 Å². The highest BCUT2D eigenvalue weighted by molar-refractivity contribution is 8.24. The zero-order valence-corrected chi connectivity index (χ0v) is 10.5. The van der Waals surface area contributed by atoms with Gasteiger partial charge in [-0.3, -0.25) is 0 Å². The van der Waals surface area contributed by atoms with Gasteiger partial charge in [0, 0.05) is 13.1 Å². The Labute approximate surface area is 96.9 Å². The van der Waals surface area contributed by atoms with E-state index in [0.29, 0.717) is 0 Å². The Morgan fingerprint density at radius 2 is 2.00 bits per heavy atom. The first-order valence-corrected chi connectivity index (χ1v) is 6.11. The average Bonchev–Trinajstić information content (AvgIpc) is 2.18. The molecule has 3 heteroatoms. The van der Waals surface area contributed by atoms with E-state index in [-0.39, 0.29) is 0 Å². The topological polar surface area (TPSA) is 3.24 Å². The zero-order valence-electron chi connectivity index (χ0n) is 8.82. The minimum atomic E-state index is 0.917. The maximum atomic E-state index is 5.29. The van der Waals surface area contributed by atoms with Crippen LogP contribution in [0.1, 0.15) is 26.7 Å². The molecule has 0 heterocycles. The quantitative estimate of drug-likeness (QED) is 0.524. The van der Waals surface area contributed by atoms with E-state index in [1.807, 2.05) is 5.41 Å². The van der Waals surface area contributed by atoms with Gasteiger partial charge in [-0.05, 0) is 24.3 Å². The van der Waals surface area contributed by atoms with E-state index in [1.54, 1.807) is 6.08 Å². The highest BCUT2D eigenvalue weighted by atomic mass is 32.2. The fourth-order valence-corrected chi connectivity index (χ4v) is 1.98. The summed E-state index contributed by atoms with van der Waals surface area (Å²) in [6.07, 6.45) is 9.02. The molecule has 78 valence electrons. The van der Waals surface area contributed by atoms with Gasteiger partial charge in [0.1, 0.15) is 4.32 Å². The molecule has 0 aliphatic carbocycles. The van der Waals surface area contributed by atoms with Crippen molar-refractivity contribution in [2.24, 2.45) is 0 Å². The van der Waals surface area contributed by atoms with Crippen molar-refractivity contribution in [1.82, 2.24) is 4.90 Å². The summed E-state index contributed by atoms with van der Waals surface area (Å²) in [7, 11) is 0. The van der Waals surface area contributed by atoms with Gasteiger partial charge in [-0.2, -0.15) is 0 Å². The van der Waals surface area contributed by atoms with Crippen LogP contribution in [0, 0.1) is 12.3 Å². The smallest absolute Gasteiger partial charge is 0.140 e. The molecule has 0 saturated heterocycles. The monoisotopic (exact) mass is 227 g/mol.